The van der Waals surface area contributed by atoms with Gasteiger partial charge in [-0.3, -0.25) is 4.79 Å². The standard InChI is InChI=1S/C20H18F2N2O3/c1-12-17(19(25)27-11-13-6-4-3-5-7-13)18(24-20(23-12)26-2)14-8-9-15(21)16(22)10-14/h3-10,17-18H,11H2,1-2H3. The lowest BCUT2D eigenvalue weighted by Gasteiger charge is -2.26. The molecule has 1 aliphatic rings. The predicted molar refractivity (Wildman–Crippen MR) is 96.4 cm³/mol. The van der Waals surface area contributed by atoms with Crippen LogP contribution in [0.15, 0.2) is 58.5 Å². The molecule has 0 N–H and O–H groups in total. The smallest absolute Gasteiger partial charge is 0.317 e. The van der Waals surface area contributed by atoms with Gasteiger partial charge in [-0.1, -0.05) is 36.4 Å². The van der Waals surface area contributed by atoms with E-state index in [0.29, 0.717) is 11.3 Å². The maximum atomic E-state index is 13.7. The number of esters is 1. The molecule has 0 aliphatic carbocycles. The number of ether oxygens (including phenoxy) is 2. The summed E-state index contributed by atoms with van der Waals surface area (Å²) >= 11 is 0. The number of amidine groups is 1. The quantitative estimate of drug-likeness (QED) is 0.766. The summed E-state index contributed by atoms with van der Waals surface area (Å²) < 4.78 is 37.5. The summed E-state index contributed by atoms with van der Waals surface area (Å²) in [4.78, 5) is 21.1. The van der Waals surface area contributed by atoms with Gasteiger partial charge in [0.15, 0.2) is 11.6 Å². The molecule has 1 aliphatic heterocycles. The zero-order chi connectivity index (χ0) is 19.4. The summed E-state index contributed by atoms with van der Waals surface area (Å²) in [7, 11) is 1.39. The third-order valence-corrected chi connectivity index (χ3v) is 4.23. The van der Waals surface area contributed by atoms with Crippen molar-refractivity contribution in [2.45, 2.75) is 19.6 Å². The van der Waals surface area contributed by atoms with Crippen molar-refractivity contribution in [3.05, 3.63) is 71.3 Å². The van der Waals surface area contributed by atoms with E-state index < -0.39 is 29.6 Å². The Labute approximate surface area is 155 Å². The number of methoxy groups -OCH3 is 1. The van der Waals surface area contributed by atoms with Crippen LogP contribution in [0.2, 0.25) is 0 Å². The molecule has 0 saturated carbocycles. The second-order valence-corrected chi connectivity index (χ2v) is 6.06. The number of aliphatic imine (C=N–C) groups is 2. The third-order valence-electron chi connectivity index (χ3n) is 4.23. The molecule has 0 spiro atoms. The van der Waals surface area contributed by atoms with E-state index in [2.05, 4.69) is 9.98 Å². The van der Waals surface area contributed by atoms with E-state index in [1.165, 1.54) is 13.2 Å². The Hall–Kier alpha value is -3.09. The van der Waals surface area contributed by atoms with E-state index in [4.69, 9.17) is 9.47 Å². The molecule has 0 radical (unpaired) electrons. The molecule has 3 rings (SSSR count). The minimum Gasteiger partial charge on any atom is -0.467 e. The number of carbonyl (C=O) groups excluding carboxylic acids is 1. The zero-order valence-electron chi connectivity index (χ0n) is 14.9. The molecule has 7 heteroatoms. The lowest BCUT2D eigenvalue weighted by Crippen LogP contribution is -2.33. The van der Waals surface area contributed by atoms with Gasteiger partial charge >= 0.3 is 12.0 Å². The predicted octanol–water partition coefficient (Wildman–Crippen LogP) is 3.84. The Balaban J connectivity index is 1.87. The van der Waals surface area contributed by atoms with Crippen LogP contribution in [-0.4, -0.2) is 24.8 Å². The number of rotatable bonds is 4. The fourth-order valence-electron chi connectivity index (χ4n) is 2.85. The molecule has 2 atom stereocenters. The number of hydrogen-bond acceptors (Lipinski definition) is 5. The molecule has 0 aromatic heterocycles. The van der Waals surface area contributed by atoms with Crippen molar-refractivity contribution >= 4 is 17.7 Å². The van der Waals surface area contributed by atoms with Crippen LogP contribution < -0.4 is 0 Å². The SMILES string of the molecule is COC1=NC(c2ccc(F)c(F)c2)C(C(=O)OCc2ccccc2)C(C)=N1. The fourth-order valence-corrected chi connectivity index (χ4v) is 2.85. The summed E-state index contributed by atoms with van der Waals surface area (Å²) in [5.41, 5.74) is 1.59. The van der Waals surface area contributed by atoms with Gasteiger partial charge in [0.25, 0.3) is 0 Å². The molecule has 0 bridgehead atoms. The maximum Gasteiger partial charge on any atom is 0.317 e. The van der Waals surface area contributed by atoms with Crippen molar-refractivity contribution in [3.63, 3.8) is 0 Å². The normalized spacial score (nSPS) is 19.1. The molecular weight excluding hydrogens is 354 g/mol. The van der Waals surface area contributed by atoms with Crippen LogP contribution in [0.3, 0.4) is 0 Å². The Kier molecular flexibility index (Phi) is 5.59. The van der Waals surface area contributed by atoms with Gasteiger partial charge < -0.3 is 9.47 Å². The van der Waals surface area contributed by atoms with Crippen LogP contribution in [0, 0.1) is 17.6 Å². The molecule has 2 unspecified atom stereocenters. The first kappa shape index (κ1) is 18.7. The van der Waals surface area contributed by atoms with Crippen LogP contribution in [0.1, 0.15) is 24.1 Å². The first-order valence-corrected chi connectivity index (χ1v) is 8.32. The van der Waals surface area contributed by atoms with Crippen LogP contribution >= 0.6 is 0 Å². The lowest BCUT2D eigenvalue weighted by atomic mass is 9.89. The Morgan fingerprint density at radius 1 is 1.11 bits per heavy atom. The van der Waals surface area contributed by atoms with Crippen LogP contribution in [0.25, 0.3) is 0 Å². The Morgan fingerprint density at radius 3 is 2.52 bits per heavy atom. The molecule has 2 aromatic carbocycles. The molecule has 5 nitrogen and oxygen atoms in total. The van der Waals surface area contributed by atoms with Crippen LogP contribution in [0.4, 0.5) is 8.78 Å². The second kappa shape index (κ2) is 8.07. The monoisotopic (exact) mass is 372 g/mol. The highest BCUT2D eigenvalue weighted by atomic mass is 19.2. The minimum absolute atomic E-state index is 0.0642. The van der Waals surface area contributed by atoms with Crippen molar-refractivity contribution < 1.29 is 23.0 Å². The van der Waals surface area contributed by atoms with E-state index in [1.807, 2.05) is 30.3 Å². The van der Waals surface area contributed by atoms with Crippen molar-refractivity contribution in [2.24, 2.45) is 15.9 Å². The number of hydrogen-bond donors (Lipinski definition) is 0. The molecule has 2 aromatic rings. The van der Waals surface area contributed by atoms with Crippen LogP contribution in [-0.2, 0) is 20.9 Å². The summed E-state index contributed by atoms with van der Waals surface area (Å²) in [6, 6.07) is 11.9. The Bertz CT molecular complexity index is 897. The highest BCUT2D eigenvalue weighted by molar-refractivity contribution is 6.07. The van der Waals surface area contributed by atoms with Gasteiger partial charge in [0, 0.05) is 5.71 Å². The van der Waals surface area contributed by atoms with E-state index >= 15 is 0 Å². The summed E-state index contributed by atoms with van der Waals surface area (Å²) in [6.45, 7) is 1.74. The molecule has 0 saturated heterocycles. The first-order chi connectivity index (χ1) is 13.0. The van der Waals surface area contributed by atoms with Crippen molar-refractivity contribution in [1.29, 1.82) is 0 Å². The molecule has 1 heterocycles. The number of halogens is 2. The fraction of sp³-hybridized carbons (Fsp3) is 0.250. The van der Waals surface area contributed by atoms with E-state index in [9.17, 15) is 13.6 Å². The highest BCUT2D eigenvalue weighted by Gasteiger charge is 2.37. The van der Waals surface area contributed by atoms with Gasteiger partial charge in [0.1, 0.15) is 12.5 Å². The van der Waals surface area contributed by atoms with Gasteiger partial charge in [-0.25, -0.2) is 18.8 Å². The molecular formula is C20H18F2N2O3. The van der Waals surface area contributed by atoms with Gasteiger partial charge in [-0.05, 0) is 30.2 Å². The van der Waals surface area contributed by atoms with Crippen LogP contribution in [0.5, 0.6) is 0 Å². The lowest BCUT2D eigenvalue weighted by molar-refractivity contribution is -0.148. The van der Waals surface area contributed by atoms with Gasteiger partial charge in [-0.15, -0.1) is 0 Å². The maximum absolute atomic E-state index is 13.7. The molecule has 140 valence electrons. The number of carbonyl (C=O) groups is 1. The summed E-state index contributed by atoms with van der Waals surface area (Å²) in [5.74, 6) is -3.40. The van der Waals surface area contributed by atoms with E-state index in [-0.39, 0.29) is 12.6 Å². The average Bonchev–Trinajstić information content (AvgIpc) is 2.68. The molecule has 27 heavy (non-hydrogen) atoms. The zero-order valence-corrected chi connectivity index (χ0v) is 14.9. The van der Waals surface area contributed by atoms with Crippen molar-refractivity contribution in [2.75, 3.05) is 7.11 Å². The first-order valence-electron chi connectivity index (χ1n) is 8.32. The second-order valence-electron chi connectivity index (χ2n) is 6.06. The molecule has 0 fully saturated rings. The largest absolute Gasteiger partial charge is 0.467 e. The Morgan fingerprint density at radius 2 is 1.85 bits per heavy atom. The van der Waals surface area contributed by atoms with Crippen molar-refractivity contribution in [3.8, 4) is 0 Å². The molecule has 0 amide bonds. The van der Waals surface area contributed by atoms with Gasteiger partial charge in [-0.2, -0.15) is 0 Å². The minimum atomic E-state index is -1.02. The van der Waals surface area contributed by atoms with E-state index in [1.54, 1.807) is 6.92 Å². The number of nitrogens with zero attached hydrogens (tertiary/aromatic N) is 2. The topological polar surface area (TPSA) is 60.2 Å². The van der Waals surface area contributed by atoms with E-state index in [0.717, 1.165) is 17.7 Å². The summed E-state index contributed by atoms with van der Waals surface area (Å²) in [5, 5.41) is 0. The van der Waals surface area contributed by atoms with Gasteiger partial charge in [0.05, 0.1) is 13.2 Å². The van der Waals surface area contributed by atoms with Gasteiger partial charge in [0.2, 0.25) is 0 Å². The number of benzene rings is 2. The third kappa shape index (κ3) is 4.19. The highest BCUT2D eigenvalue weighted by Crippen LogP contribution is 2.33. The average molecular weight is 372 g/mol. The summed E-state index contributed by atoms with van der Waals surface area (Å²) in [6.07, 6.45) is 0. The van der Waals surface area contributed by atoms with Crippen molar-refractivity contribution in [1.82, 2.24) is 0 Å².